The Labute approximate surface area is 105 Å². The van der Waals surface area contributed by atoms with Crippen LogP contribution in [0.3, 0.4) is 0 Å². The van der Waals surface area contributed by atoms with Crippen molar-refractivity contribution in [3.8, 4) is 11.5 Å². The topological polar surface area (TPSA) is 30.8 Å². The molecule has 0 saturated heterocycles. The lowest BCUT2D eigenvalue weighted by Gasteiger charge is -2.11. The SMILES string of the molecule is CCOc1cc(C=N[Si](C)(C)C)ccc1OC. The van der Waals surface area contributed by atoms with Gasteiger partial charge >= 0.3 is 0 Å². The maximum absolute atomic E-state index is 5.53. The summed E-state index contributed by atoms with van der Waals surface area (Å²) in [5, 5.41) is 0. The Balaban J connectivity index is 2.96. The zero-order valence-electron chi connectivity index (χ0n) is 11.3. The third-order valence-electron chi connectivity index (χ3n) is 2.09. The summed E-state index contributed by atoms with van der Waals surface area (Å²) < 4.78 is 15.4. The van der Waals surface area contributed by atoms with Crippen LogP contribution in [0.25, 0.3) is 0 Å². The minimum absolute atomic E-state index is 0.630. The van der Waals surface area contributed by atoms with Crippen LogP contribution in [0.4, 0.5) is 0 Å². The molecule has 0 aliphatic carbocycles. The maximum atomic E-state index is 5.53. The summed E-state index contributed by atoms with van der Waals surface area (Å²) in [6.45, 7) is 9.21. The van der Waals surface area contributed by atoms with E-state index in [9.17, 15) is 0 Å². The highest BCUT2D eigenvalue weighted by atomic mass is 28.3. The van der Waals surface area contributed by atoms with Gasteiger partial charge < -0.3 is 14.1 Å². The molecule has 0 unspecified atom stereocenters. The van der Waals surface area contributed by atoms with E-state index >= 15 is 0 Å². The molecule has 0 spiro atoms. The van der Waals surface area contributed by atoms with E-state index in [2.05, 4.69) is 24.3 Å². The minimum atomic E-state index is -1.40. The third kappa shape index (κ3) is 4.61. The molecule has 0 aliphatic rings. The molecule has 0 amide bonds. The van der Waals surface area contributed by atoms with Gasteiger partial charge in [-0.25, -0.2) is 0 Å². The van der Waals surface area contributed by atoms with E-state index in [-0.39, 0.29) is 0 Å². The van der Waals surface area contributed by atoms with Gasteiger partial charge in [-0.05, 0) is 50.3 Å². The van der Waals surface area contributed by atoms with Crippen molar-refractivity contribution < 1.29 is 9.47 Å². The smallest absolute Gasteiger partial charge is 0.172 e. The van der Waals surface area contributed by atoms with Gasteiger partial charge in [0.05, 0.1) is 13.7 Å². The first kappa shape index (κ1) is 13.8. The van der Waals surface area contributed by atoms with Gasteiger partial charge in [0.1, 0.15) is 0 Å². The van der Waals surface area contributed by atoms with E-state index < -0.39 is 8.24 Å². The lowest BCUT2D eigenvalue weighted by atomic mass is 10.2. The van der Waals surface area contributed by atoms with Gasteiger partial charge in [0.25, 0.3) is 0 Å². The quantitative estimate of drug-likeness (QED) is 0.593. The second-order valence-electron chi connectivity index (χ2n) is 4.77. The molecule has 0 atom stereocenters. The summed E-state index contributed by atoms with van der Waals surface area (Å²) in [6, 6.07) is 5.87. The summed E-state index contributed by atoms with van der Waals surface area (Å²) in [5.74, 6) is 1.53. The molecule has 0 heterocycles. The standard InChI is InChI=1S/C13H21NO2Si/c1-6-16-13-9-11(7-8-12(13)15-2)10-14-17(3,4)5/h7-10H,6H2,1-5H3. The first-order valence-electron chi connectivity index (χ1n) is 5.82. The number of nitrogens with zero attached hydrogens (tertiary/aromatic N) is 1. The van der Waals surface area contributed by atoms with E-state index in [0.717, 1.165) is 17.1 Å². The van der Waals surface area contributed by atoms with E-state index in [0.29, 0.717) is 6.61 Å². The molecule has 0 radical (unpaired) electrons. The van der Waals surface area contributed by atoms with E-state index in [1.807, 2.05) is 31.3 Å². The molecule has 0 fully saturated rings. The highest BCUT2D eigenvalue weighted by Gasteiger charge is 2.10. The molecule has 94 valence electrons. The fraction of sp³-hybridized carbons (Fsp3) is 0.462. The molecular formula is C13H21NO2Si. The number of methoxy groups -OCH3 is 1. The first-order chi connectivity index (χ1) is 7.96. The number of benzene rings is 1. The second kappa shape index (κ2) is 5.86. The van der Waals surface area contributed by atoms with Crippen molar-refractivity contribution in [2.24, 2.45) is 4.66 Å². The molecule has 1 aromatic rings. The van der Waals surface area contributed by atoms with Gasteiger partial charge in [-0.15, -0.1) is 0 Å². The summed E-state index contributed by atoms with van der Waals surface area (Å²) in [4.78, 5) is 0. The van der Waals surface area contributed by atoms with Crippen molar-refractivity contribution in [2.75, 3.05) is 13.7 Å². The van der Waals surface area contributed by atoms with E-state index in [1.54, 1.807) is 7.11 Å². The Morgan fingerprint density at radius 2 is 1.94 bits per heavy atom. The van der Waals surface area contributed by atoms with Crippen LogP contribution >= 0.6 is 0 Å². The summed E-state index contributed by atoms with van der Waals surface area (Å²) in [6.07, 6.45) is 1.92. The number of ether oxygens (including phenoxy) is 2. The van der Waals surface area contributed by atoms with Crippen molar-refractivity contribution in [2.45, 2.75) is 26.6 Å². The normalized spacial score (nSPS) is 11.8. The maximum Gasteiger partial charge on any atom is 0.172 e. The highest BCUT2D eigenvalue weighted by Crippen LogP contribution is 2.27. The second-order valence-corrected chi connectivity index (χ2v) is 9.37. The number of rotatable bonds is 5. The fourth-order valence-corrected chi connectivity index (χ4v) is 1.85. The molecule has 0 N–H and O–H groups in total. The van der Waals surface area contributed by atoms with Crippen LogP contribution in [0.5, 0.6) is 11.5 Å². The molecule has 0 bridgehead atoms. The molecule has 3 nitrogen and oxygen atoms in total. The van der Waals surface area contributed by atoms with Crippen LogP contribution in [0, 0.1) is 0 Å². The van der Waals surface area contributed by atoms with Crippen molar-refractivity contribution >= 4 is 14.5 Å². The number of hydrogen-bond donors (Lipinski definition) is 0. The fourth-order valence-electron chi connectivity index (χ4n) is 1.31. The van der Waals surface area contributed by atoms with Crippen molar-refractivity contribution in [3.63, 3.8) is 0 Å². The summed E-state index contributed by atoms with van der Waals surface area (Å²) in [5.41, 5.74) is 1.05. The Morgan fingerprint density at radius 3 is 2.47 bits per heavy atom. The molecule has 0 aliphatic heterocycles. The average molecular weight is 251 g/mol. The van der Waals surface area contributed by atoms with Crippen molar-refractivity contribution in [1.29, 1.82) is 0 Å². The molecule has 1 rings (SSSR count). The average Bonchev–Trinajstić information content (AvgIpc) is 2.26. The largest absolute Gasteiger partial charge is 0.493 e. The number of hydrogen-bond acceptors (Lipinski definition) is 3. The third-order valence-corrected chi connectivity index (χ3v) is 2.99. The Bertz CT molecular complexity index is 397. The monoisotopic (exact) mass is 251 g/mol. The Kier molecular flexibility index (Phi) is 4.75. The highest BCUT2D eigenvalue weighted by molar-refractivity contribution is 6.75. The molecule has 0 aromatic heterocycles. The predicted molar refractivity (Wildman–Crippen MR) is 75.1 cm³/mol. The van der Waals surface area contributed by atoms with Crippen molar-refractivity contribution in [1.82, 2.24) is 0 Å². The van der Waals surface area contributed by atoms with E-state index in [4.69, 9.17) is 9.47 Å². The van der Waals surface area contributed by atoms with Crippen LogP contribution in [-0.2, 0) is 0 Å². The van der Waals surface area contributed by atoms with Gasteiger partial charge in [0, 0.05) is 6.21 Å². The predicted octanol–water partition coefficient (Wildman–Crippen LogP) is 3.35. The Hall–Kier alpha value is -1.29. The van der Waals surface area contributed by atoms with Crippen LogP contribution in [-0.4, -0.2) is 28.2 Å². The molecule has 4 heteroatoms. The van der Waals surface area contributed by atoms with Gasteiger partial charge in [0.2, 0.25) is 0 Å². The molecular weight excluding hydrogens is 230 g/mol. The summed E-state index contributed by atoms with van der Waals surface area (Å²) in [7, 11) is 0.246. The van der Waals surface area contributed by atoms with E-state index in [1.165, 1.54) is 0 Å². The zero-order chi connectivity index (χ0) is 12.9. The minimum Gasteiger partial charge on any atom is -0.493 e. The van der Waals surface area contributed by atoms with Gasteiger partial charge in [0.15, 0.2) is 19.7 Å². The van der Waals surface area contributed by atoms with Gasteiger partial charge in [-0.2, -0.15) is 0 Å². The Morgan fingerprint density at radius 1 is 1.24 bits per heavy atom. The molecule has 1 aromatic carbocycles. The van der Waals surface area contributed by atoms with Crippen LogP contribution in [0.15, 0.2) is 22.9 Å². The summed E-state index contributed by atoms with van der Waals surface area (Å²) >= 11 is 0. The van der Waals surface area contributed by atoms with Crippen molar-refractivity contribution in [3.05, 3.63) is 23.8 Å². The molecule has 17 heavy (non-hydrogen) atoms. The van der Waals surface area contributed by atoms with Crippen LogP contribution in [0.1, 0.15) is 12.5 Å². The lowest BCUT2D eigenvalue weighted by Crippen LogP contribution is -2.16. The van der Waals surface area contributed by atoms with Crippen LogP contribution in [0.2, 0.25) is 19.6 Å². The van der Waals surface area contributed by atoms with Crippen LogP contribution < -0.4 is 9.47 Å². The first-order valence-corrected chi connectivity index (χ1v) is 9.27. The zero-order valence-corrected chi connectivity index (χ0v) is 12.3. The van der Waals surface area contributed by atoms with Gasteiger partial charge in [-0.3, -0.25) is 0 Å². The lowest BCUT2D eigenvalue weighted by molar-refractivity contribution is 0.311. The van der Waals surface area contributed by atoms with Gasteiger partial charge in [-0.1, -0.05) is 0 Å². The molecule has 0 saturated carbocycles.